The van der Waals surface area contributed by atoms with Crippen LogP contribution in [0.4, 0.5) is 0 Å². The molecule has 1 aliphatic carbocycles. The van der Waals surface area contributed by atoms with Crippen LogP contribution in [0.5, 0.6) is 5.88 Å². The first-order valence-electron chi connectivity index (χ1n) is 12.9. The summed E-state index contributed by atoms with van der Waals surface area (Å²) in [6, 6.07) is -0.235. The molecule has 1 saturated carbocycles. The van der Waals surface area contributed by atoms with Crippen LogP contribution in [0, 0.1) is 5.92 Å². The Balaban J connectivity index is 1.82. The molecule has 0 radical (unpaired) electrons. The smallest absolute Gasteiger partial charge is 0.378 e. The fraction of sp³-hybridized carbons (Fsp3) is 0.615. The zero-order chi connectivity index (χ0) is 26.4. The maximum Gasteiger partial charge on any atom is 0.378 e. The summed E-state index contributed by atoms with van der Waals surface area (Å²) in [4.78, 5) is 41.0. The van der Waals surface area contributed by atoms with E-state index in [1.54, 1.807) is 29.4 Å². The van der Waals surface area contributed by atoms with Gasteiger partial charge in [-0.15, -0.1) is 0 Å². The maximum absolute atomic E-state index is 13.4. The number of carbonyl (C=O) groups excluding carboxylic acids is 2. The summed E-state index contributed by atoms with van der Waals surface area (Å²) in [5, 5.41) is 27.5. The Labute approximate surface area is 210 Å². The van der Waals surface area contributed by atoms with E-state index < -0.39 is 17.1 Å². The van der Waals surface area contributed by atoms with E-state index in [9.17, 15) is 24.6 Å². The minimum atomic E-state index is -1.01. The van der Waals surface area contributed by atoms with Crippen molar-refractivity contribution < 1.29 is 24.4 Å². The third-order valence-corrected chi connectivity index (χ3v) is 6.96. The third kappa shape index (κ3) is 4.91. The second-order valence-electron chi connectivity index (χ2n) is 10.9. The molecule has 2 amide bonds. The van der Waals surface area contributed by atoms with E-state index in [0.717, 1.165) is 25.7 Å². The van der Waals surface area contributed by atoms with E-state index in [2.05, 4.69) is 10.4 Å². The summed E-state index contributed by atoms with van der Waals surface area (Å²) >= 11 is 0. The fourth-order valence-corrected chi connectivity index (χ4v) is 5.04. The fourth-order valence-electron chi connectivity index (χ4n) is 5.04. The Morgan fingerprint density at radius 3 is 2.56 bits per heavy atom. The van der Waals surface area contributed by atoms with Crippen LogP contribution in [0.1, 0.15) is 81.9 Å². The number of aryl methyl sites for hydroxylation is 1. The molecule has 2 aromatic heterocycles. The number of aromatic amines is 1. The Morgan fingerprint density at radius 1 is 1.28 bits per heavy atom. The van der Waals surface area contributed by atoms with E-state index in [-0.39, 0.29) is 35.4 Å². The molecule has 3 heterocycles. The van der Waals surface area contributed by atoms with Crippen molar-refractivity contribution in [1.82, 2.24) is 19.8 Å². The van der Waals surface area contributed by atoms with Gasteiger partial charge in [-0.2, -0.15) is 4.57 Å². The van der Waals surface area contributed by atoms with Gasteiger partial charge >= 0.3 is 17.1 Å². The summed E-state index contributed by atoms with van der Waals surface area (Å²) in [6.07, 6.45) is 6.94. The van der Waals surface area contributed by atoms with E-state index in [4.69, 9.17) is 0 Å². The van der Waals surface area contributed by atoms with Gasteiger partial charge in [-0.25, -0.2) is 9.89 Å². The van der Waals surface area contributed by atoms with Crippen molar-refractivity contribution in [2.24, 2.45) is 5.92 Å². The molecule has 1 atom stereocenters. The van der Waals surface area contributed by atoms with E-state index >= 15 is 0 Å². The van der Waals surface area contributed by atoms with E-state index in [1.165, 1.54) is 10.6 Å². The van der Waals surface area contributed by atoms with Gasteiger partial charge in [0, 0.05) is 18.7 Å². The van der Waals surface area contributed by atoms with E-state index in [0.29, 0.717) is 36.4 Å². The minimum absolute atomic E-state index is 0.0354. The van der Waals surface area contributed by atoms with Crippen molar-refractivity contribution in [1.29, 1.82) is 0 Å². The maximum atomic E-state index is 13.4. The highest BCUT2D eigenvalue weighted by Gasteiger charge is 2.38. The molecule has 4 N–H and O–H groups in total. The molecule has 2 aromatic rings. The highest BCUT2D eigenvalue weighted by atomic mass is 16.3. The molecule has 0 bridgehead atoms. The van der Waals surface area contributed by atoms with Gasteiger partial charge in [0.15, 0.2) is 0 Å². The molecule has 196 valence electrons. The lowest BCUT2D eigenvalue weighted by atomic mass is 9.96. The average Bonchev–Trinajstić information content (AvgIpc) is 3.32. The Bertz CT molecular complexity index is 1260. The molecule has 0 unspecified atom stereocenters. The minimum Gasteiger partial charge on any atom is -0.477 e. The van der Waals surface area contributed by atoms with Crippen molar-refractivity contribution in [3.63, 3.8) is 0 Å². The molecule has 36 heavy (non-hydrogen) atoms. The molecular formula is C26H38N5O5+. The molecule has 2 aliphatic rings. The van der Waals surface area contributed by atoms with Crippen molar-refractivity contribution in [2.45, 2.75) is 91.0 Å². The Kier molecular flexibility index (Phi) is 7.01. The number of H-pyrrole nitrogens is 1. The molecule has 4 rings (SSSR count). The Hall–Kier alpha value is -3.14. The van der Waals surface area contributed by atoms with Gasteiger partial charge in [0.25, 0.3) is 5.91 Å². The summed E-state index contributed by atoms with van der Waals surface area (Å²) < 4.78 is 2.87. The topological polar surface area (TPSA) is 131 Å². The molecule has 0 spiro atoms. The highest BCUT2D eigenvalue weighted by Crippen LogP contribution is 2.27. The number of nitrogens with zero attached hydrogens (tertiary/aromatic N) is 3. The lowest BCUT2D eigenvalue weighted by molar-refractivity contribution is -0.686. The molecule has 0 aromatic carbocycles. The first-order valence-corrected chi connectivity index (χ1v) is 12.9. The van der Waals surface area contributed by atoms with Gasteiger partial charge in [-0.05, 0) is 57.9 Å². The van der Waals surface area contributed by atoms with Gasteiger partial charge in [0.2, 0.25) is 11.5 Å². The van der Waals surface area contributed by atoms with Gasteiger partial charge in [-0.1, -0.05) is 25.3 Å². The number of likely N-dealkylation sites (tertiary alicyclic amines) is 1. The van der Waals surface area contributed by atoms with Crippen molar-refractivity contribution in [3.8, 4) is 5.88 Å². The number of fused-ring (bicyclic) bond motifs is 1. The van der Waals surface area contributed by atoms with Gasteiger partial charge in [-0.3, -0.25) is 9.59 Å². The van der Waals surface area contributed by atoms with Crippen LogP contribution >= 0.6 is 0 Å². The average molecular weight is 501 g/mol. The number of aromatic hydroxyl groups is 1. The van der Waals surface area contributed by atoms with Crippen LogP contribution in [-0.2, 0) is 17.8 Å². The SMILES string of the molecule is CCc1[nH]n2c(=O)c(C(=O)NC3CC3)c(O)[n+](CC(C)C)c2c1/C=C/C(=O)N1CCC[C@@H]1C(C)(C)O. The number of carbonyl (C=O) groups is 2. The third-order valence-electron chi connectivity index (χ3n) is 6.96. The van der Waals surface area contributed by atoms with Crippen molar-refractivity contribution in [3.05, 3.63) is 33.3 Å². The van der Waals surface area contributed by atoms with Crippen LogP contribution in [-0.4, -0.2) is 60.8 Å². The van der Waals surface area contributed by atoms with Gasteiger partial charge in [0.05, 0.1) is 29.4 Å². The van der Waals surface area contributed by atoms with Gasteiger partial charge < -0.3 is 20.4 Å². The van der Waals surface area contributed by atoms with Crippen LogP contribution in [0.15, 0.2) is 10.9 Å². The van der Waals surface area contributed by atoms with Crippen LogP contribution in [0.25, 0.3) is 11.7 Å². The summed E-state index contributed by atoms with van der Waals surface area (Å²) in [5.41, 5.74) is -0.230. The summed E-state index contributed by atoms with van der Waals surface area (Å²) in [7, 11) is 0. The van der Waals surface area contributed by atoms with Crippen molar-refractivity contribution in [2.75, 3.05) is 6.54 Å². The van der Waals surface area contributed by atoms with Crippen LogP contribution < -0.4 is 15.4 Å². The quantitative estimate of drug-likeness (QED) is 0.322. The molecule has 10 nitrogen and oxygen atoms in total. The lowest BCUT2D eigenvalue weighted by Crippen LogP contribution is -2.47. The zero-order valence-corrected chi connectivity index (χ0v) is 21.8. The number of amides is 2. The monoisotopic (exact) mass is 500 g/mol. The van der Waals surface area contributed by atoms with Crippen molar-refractivity contribution >= 4 is 23.5 Å². The first-order chi connectivity index (χ1) is 16.9. The van der Waals surface area contributed by atoms with Crippen LogP contribution in [0.2, 0.25) is 0 Å². The number of aliphatic hydroxyl groups is 1. The number of rotatable bonds is 8. The molecule has 2 fully saturated rings. The van der Waals surface area contributed by atoms with Crippen LogP contribution in [0.3, 0.4) is 0 Å². The first kappa shape index (κ1) is 25.9. The number of hydrogen-bond acceptors (Lipinski definition) is 5. The molecule has 1 aliphatic heterocycles. The number of aromatic nitrogens is 3. The van der Waals surface area contributed by atoms with E-state index in [1.807, 2.05) is 20.8 Å². The summed E-state index contributed by atoms with van der Waals surface area (Å²) in [6.45, 7) is 10.2. The molecular weight excluding hydrogens is 462 g/mol. The normalized spacial score (nSPS) is 18.6. The predicted octanol–water partition coefficient (Wildman–Crippen LogP) is 1.51. The number of nitrogens with one attached hydrogen (secondary N) is 2. The predicted molar refractivity (Wildman–Crippen MR) is 135 cm³/mol. The number of hydrogen-bond donors (Lipinski definition) is 4. The standard InChI is InChI=1S/C26H37N5O5/c1-6-18-17(11-12-20(32)29-13-7-8-19(29)26(4,5)36)23-30(14-15(2)3)24(34)21(25(35)31(23)28-18)22(33)27-16-9-10-16/h11-12,15-16,19,36H,6-10,13-14H2,1-5H3,(H2,27,33,34,35)/p+1/b12-11+/t19-/m1/s1. The largest absolute Gasteiger partial charge is 0.477 e. The van der Waals surface area contributed by atoms with Gasteiger partial charge in [0.1, 0.15) is 0 Å². The lowest BCUT2D eigenvalue weighted by Gasteiger charge is -2.33. The highest BCUT2D eigenvalue weighted by molar-refractivity contribution is 5.96. The second-order valence-corrected chi connectivity index (χ2v) is 10.9. The Morgan fingerprint density at radius 2 is 1.97 bits per heavy atom. The molecule has 10 heteroatoms. The molecule has 1 saturated heterocycles. The zero-order valence-electron chi connectivity index (χ0n) is 21.8. The summed E-state index contributed by atoms with van der Waals surface area (Å²) in [5.74, 6) is -1.07. The second kappa shape index (κ2) is 9.72.